The van der Waals surface area contributed by atoms with Gasteiger partial charge in [0, 0.05) is 17.7 Å². The van der Waals surface area contributed by atoms with Gasteiger partial charge in [-0.2, -0.15) is 13.9 Å². The van der Waals surface area contributed by atoms with Crippen molar-refractivity contribution in [1.29, 1.82) is 0 Å². The van der Waals surface area contributed by atoms with Crippen LogP contribution in [-0.4, -0.2) is 22.8 Å². The van der Waals surface area contributed by atoms with Crippen LogP contribution in [0.2, 0.25) is 0 Å². The molecule has 2 amide bonds. The number of nitrogens with zero attached hydrogens (tertiary/aromatic N) is 1. The summed E-state index contributed by atoms with van der Waals surface area (Å²) in [5.41, 5.74) is 1.41. The highest BCUT2D eigenvalue weighted by atomic mass is 19.3. The molecule has 1 aliphatic carbocycles. The number of ether oxygens (including phenoxy) is 1. The van der Waals surface area contributed by atoms with Gasteiger partial charge in [0.25, 0.3) is 0 Å². The van der Waals surface area contributed by atoms with Crippen LogP contribution in [0.4, 0.5) is 25.1 Å². The summed E-state index contributed by atoms with van der Waals surface area (Å²) in [4.78, 5) is 11.8. The van der Waals surface area contributed by atoms with Gasteiger partial charge in [0.2, 0.25) is 0 Å². The molecule has 6 nitrogen and oxygen atoms in total. The first-order valence-electron chi connectivity index (χ1n) is 6.78. The van der Waals surface area contributed by atoms with E-state index in [9.17, 15) is 13.6 Å². The Bertz CT molecular complexity index is 653. The van der Waals surface area contributed by atoms with Gasteiger partial charge in [-0.3, -0.25) is 10.4 Å². The number of halogens is 2. The highest BCUT2D eigenvalue weighted by molar-refractivity contribution is 5.99. The Morgan fingerprint density at radius 3 is 2.64 bits per heavy atom. The average molecular weight is 308 g/mol. The number of anilines is 2. The van der Waals surface area contributed by atoms with Crippen molar-refractivity contribution in [2.24, 2.45) is 0 Å². The molecule has 0 saturated heterocycles. The molecule has 1 aromatic carbocycles. The Hall–Kier alpha value is -2.64. The Balaban J connectivity index is 1.54. The summed E-state index contributed by atoms with van der Waals surface area (Å²) in [6.07, 6.45) is 2.26. The number of rotatable bonds is 5. The predicted molar refractivity (Wildman–Crippen MR) is 76.3 cm³/mol. The van der Waals surface area contributed by atoms with Crippen molar-refractivity contribution in [1.82, 2.24) is 10.2 Å². The molecule has 8 heteroatoms. The van der Waals surface area contributed by atoms with Gasteiger partial charge in [-0.1, -0.05) is 0 Å². The number of carbonyl (C=O) groups excluding carboxylic acids is 1. The van der Waals surface area contributed by atoms with Gasteiger partial charge in [0.15, 0.2) is 0 Å². The number of H-pyrrole nitrogens is 1. The third kappa shape index (κ3) is 3.72. The third-order valence-electron chi connectivity index (χ3n) is 3.18. The number of hydrogen-bond acceptors (Lipinski definition) is 3. The van der Waals surface area contributed by atoms with Crippen LogP contribution in [0.1, 0.15) is 24.5 Å². The number of hydrogen-bond donors (Lipinski definition) is 3. The van der Waals surface area contributed by atoms with E-state index in [4.69, 9.17) is 0 Å². The Morgan fingerprint density at radius 1 is 1.27 bits per heavy atom. The summed E-state index contributed by atoms with van der Waals surface area (Å²) in [6.45, 7) is -2.87. The molecule has 1 saturated carbocycles. The van der Waals surface area contributed by atoms with Crippen LogP contribution in [0.5, 0.6) is 5.75 Å². The topological polar surface area (TPSA) is 79.0 Å². The first-order chi connectivity index (χ1) is 10.6. The minimum atomic E-state index is -2.87. The van der Waals surface area contributed by atoms with Crippen molar-refractivity contribution in [3.8, 4) is 5.75 Å². The van der Waals surface area contributed by atoms with E-state index in [1.54, 1.807) is 6.07 Å². The predicted octanol–water partition coefficient (Wildman–Crippen LogP) is 3.53. The fourth-order valence-corrected chi connectivity index (χ4v) is 1.99. The summed E-state index contributed by atoms with van der Waals surface area (Å²) in [7, 11) is 0. The van der Waals surface area contributed by atoms with E-state index in [1.807, 2.05) is 0 Å². The smallest absolute Gasteiger partial charge is 0.387 e. The number of aromatic nitrogens is 2. The molecule has 3 N–H and O–H groups in total. The maximum Gasteiger partial charge on any atom is 0.387 e. The van der Waals surface area contributed by atoms with Crippen molar-refractivity contribution in [2.45, 2.75) is 25.4 Å². The number of urea groups is 1. The number of carbonyl (C=O) groups is 1. The summed E-state index contributed by atoms with van der Waals surface area (Å²) in [5.74, 6) is 1.04. The van der Waals surface area contributed by atoms with E-state index < -0.39 is 12.6 Å². The quantitative estimate of drug-likeness (QED) is 0.790. The average Bonchev–Trinajstić information content (AvgIpc) is 3.21. The van der Waals surface area contributed by atoms with Crippen molar-refractivity contribution in [3.05, 3.63) is 36.0 Å². The lowest BCUT2D eigenvalue weighted by Crippen LogP contribution is -2.19. The molecular formula is C14H14F2N4O2. The van der Waals surface area contributed by atoms with Crippen LogP contribution in [0, 0.1) is 0 Å². The fourth-order valence-electron chi connectivity index (χ4n) is 1.99. The van der Waals surface area contributed by atoms with Crippen LogP contribution >= 0.6 is 0 Å². The van der Waals surface area contributed by atoms with E-state index in [2.05, 4.69) is 25.6 Å². The molecule has 0 aliphatic heterocycles. The molecule has 3 rings (SSSR count). The van der Waals surface area contributed by atoms with Crippen LogP contribution in [0.15, 0.2) is 30.3 Å². The molecule has 116 valence electrons. The van der Waals surface area contributed by atoms with E-state index in [1.165, 1.54) is 24.3 Å². The summed E-state index contributed by atoms with van der Waals surface area (Å²) in [5, 5.41) is 12.1. The van der Waals surface area contributed by atoms with Crippen LogP contribution in [-0.2, 0) is 0 Å². The second-order valence-electron chi connectivity index (χ2n) is 4.96. The van der Waals surface area contributed by atoms with Gasteiger partial charge in [-0.15, -0.1) is 0 Å². The maximum absolute atomic E-state index is 12.0. The molecule has 1 aliphatic rings. The van der Waals surface area contributed by atoms with Crippen molar-refractivity contribution in [2.75, 3.05) is 10.6 Å². The van der Waals surface area contributed by atoms with Crippen LogP contribution in [0.25, 0.3) is 0 Å². The van der Waals surface area contributed by atoms with Crippen molar-refractivity contribution in [3.63, 3.8) is 0 Å². The second kappa shape index (κ2) is 6.00. The van der Waals surface area contributed by atoms with Crippen LogP contribution in [0.3, 0.4) is 0 Å². The molecule has 0 radical (unpaired) electrons. The first kappa shape index (κ1) is 14.3. The first-order valence-corrected chi connectivity index (χ1v) is 6.78. The number of amides is 2. The van der Waals surface area contributed by atoms with Crippen molar-refractivity contribution < 1.29 is 18.3 Å². The largest absolute Gasteiger partial charge is 0.435 e. The second-order valence-corrected chi connectivity index (χ2v) is 4.96. The molecule has 0 spiro atoms. The molecule has 0 unspecified atom stereocenters. The van der Waals surface area contributed by atoms with E-state index in [-0.39, 0.29) is 5.75 Å². The zero-order valence-corrected chi connectivity index (χ0v) is 11.5. The van der Waals surface area contributed by atoms with Gasteiger partial charge < -0.3 is 10.1 Å². The lowest BCUT2D eigenvalue weighted by Gasteiger charge is -2.07. The minimum absolute atomic E-state index is 0.0311. The standard InChI is InChI=1S/C14H14F2N4O2/c15-13(16)22-10-5-3-9(4-6-10)17-14(21)18-12-7-11(19-20-12)8-1-2-8/h3-8,13H,1-2H2,(H3,17,18,19,20,21). The molecule has 2 aromatic rings. The Labute approximate surface area is 124 Å². The van der Waals surface area contributed by atoms with E-state index >= 15 is 0 Å². The Morgan fingerprint density at radius 2 is 2.00 bits per heavy atom. The normalized spacial score (nSPS) is 14.0. The van der Waals surface area contributed by atoms with Crippen molar-refractivity contribution >= 4 is 17.5 Å². The fraction of sp³-hybridized carbons (Fsp3) is 0.286. The molecular weight excluding hydrogens is 294 g/mol. The lowest BCUT2D eigenvalue weighted by atomic mass is 10.3. The van der Waals surface area contributed by atoms with E-state index in [0.717, 1.165) is 18.5 Å². The highest BCUT2D eigenvalue weighted by Gasteiger charge is 2.26. The highest BCUT2D eigenvalue weighted by Crippen LogP contribution is 2.39. The van der Waals surface area contributed by atoms with Gasteiger partial charge in [0.1, 0.15) is 11.6 Å². The molecule has 0 bridgehead atoms. The zero-order valence-electron chi connectivity index (χ0n) is 11.5. The van der Waals surface area contributed by atoms with E-state index in [0.29, 0.717) is 17.4 Å². The molecule has 22 heavy (non-hydrogen) atoms. The zero-order chi connectivity index (χ0) is 15.5. The Kier molecular flexibility index (Phi) is 3.90. The third-order valence-corrected chi connectivity index (χ3v) is 3.18. The van der Waals surface area contributed by atoms with Crippen LogP contribution < -0.4 is 15.4 Å². The number of nitrogens with one attached hydrogen (secondary N) is 3. The number of benzene rings is 1. The molecule has 0 atom stereocenters. The number of aromatic amines is 1. The van der Waals surface area contributed by atoms with Gasteiger partial charge in [-0.25, -0.2) is 4.79 Å². The van der Waals surface area contributed by atoms with Gasteiger partial charge >= 0.3 is 12.6 Å². The summed E-state index contributed by atoms with van der Waals surface area (Å²) in [6, 6.07) is 7.00. The maximum atomic E-state index is 12.0. The summed E-state index contributed by atoms with van der Waals surface area (Å²) < 4.78 is 28.3. The molecule has 1 aromatic heterocycles. The number of alkyl halides is 2. The SMILES string of the molecule is O=C(Nc1ccc(OC(F)F)cc1)Nc1cc(C2CC2)n[nH]1. The van der Waals surface area contributed by atoms with Gasteiger partial charge in [0.05, 0.1) is 5.69 Å². The monoisotopic (exact) mass is 308 g/mol. The minimum Gasteiger partial charge on any atom is -0.435 e. The summed E-state index contributed by atoms with van der Waals surface area (Å²) >= 11 is 0. The lowest BCUT2D eigenvalue weighted by molar-refractivity contribution is -0.0498. The van der Waals surface area contributed by atoms with Gasteiger partial charge in [-0.05, 0) is 37.1 Å². The molecule has 1 fully saturated rings. The molecule has 1 heterocycles.